The summed E-state index contributed by atoms with van der Waals surface area (Å²) in [4.78, 5) is 6.82. The lowest BCUT2D eigenvalue weighted by atomic mass is 10.00. The molecule has 0 aliphatic carbocycles. The monoisotopic (exact) mass is 297 g/mol. The molecule has 1 aliphatic heterocycles. The van der Waals surface area contributed by atoms with Crippen LogP contribution in [-0.4, -0.2) is 28.3 Å². The first-order valence-electron chi connectivity index (χ1n) is 8.05. The van der Waals surface area contributed by atoms with Gasteiger partial charge in [-0.05, 0) is 42.9 Å². The van der Waals surface area contributed by atoms with Crippen LogP contribution in [0, 0.1) is 5.92 Å². The molecule has 22 heavy (non-hydrogen) atoms. The Bertz CT molecular complexity index is 603. The third-order valence-corrected chi connectivity index (χ3v) is 4.25. The minimum absolute atomic E-state index is 0.724. The van der Waals surface area contributed by atoms with Gasteiger partial charge in [-0.3, -0.25) is 0 Å². The minimum atomic E-state index is 0.724. The molecule has 0 atom stereocenters. The van der Waals surface area contributed by atoms with Crippen LogP contribution in [0.3, 0.4) is 0 Å². The van der Waals surface area contributed by atoms with Crippen LogP contribution < -0.4 is 10.2 Å². The summed E-state index contributed by atoms with van der Waals surface area (Å²) >= 11 is 0. The van der Waals surface area contributed by atoms with Crippen LogP contribution in [-0.2, 0) is 6.42 Å². The molecule has 1 aromatic heterocycles. The van der Waals surface area contributed by atoms with E-state index in [1.807, 2.05) is 0 Å². The van der Waals surface area contributed by atoms with E-state index in [0.717, 1.165) is 42.9 Å². The zero-order valence-corrected chi connectivity index (χ0v) is 13.3. The molecule has 1 aliphatic rings. The molecule has 1 N–H and O–H groups in total. The Balaban J connectivity index is 1.70. The average Bonchev–Trinajstić information content (AvgIpc) is 2.56. The molecular formula is C17H23N5. The smallest absolute Gasteiger partial charge is 0.247 e. The second-order valence-electron chi connectivity index (χ2n) is 5.99. The fourth-order valence-electron chi connectivity index (χ4n) is 2.67. The van der Waals surface area contributed by atoms with Gasteiger partial charge in [0, 0.05) is 18.8 Å². The highest BCUT2D eigenvalue weighted by atomic mass is 15.3. The summed E-state index contributed by atoms with van der Waals surface area (Å²) in [5, 5.41) is 11.6. The van der Waals surface area contributed by atoms with Gasteiger partial charge < -0.3 is 10.2 Å². The van der Waals surface area contributed by atoms with Crippen molar-refractivity contribution in [1.82, 2.24) is 15.2 Å². The Hall–Kier alpha value is -2.17. The second kappa shape index (κ2) is 6.73. The van der Waals surface area contributed by atoms with Crippen LogP contribution in [0.5, 0.6) is 0 Å². The average molecular weight is 297 g/mol. The first-order valence-corrected chi connectivity index (χ1v) is 8.05. The van der Waals surface area contributed by atoms with Crippen molar-refractivity contribution >= 4 is 17.5 Å². The zero-order valence-electron chi connectivity index (χ0n) is 13.3. The van der Waals surface area contributed by atoms with Crippen LogP contribution in [0.25, 0.3) is 0 Å². The molecule has 0 spiro atoms. The normalized spacial score (nSPS) is 15.8. The van der Waals surface area contributed by atoms with Crippen molar-refractivity contribution in [1.29, 1.82) is 0 Å². The quantitative estimate of drug-likeness (QED) is 0.937. The van der Waals surface area contributed by atoms with Crippen molar-refractivity contribution in [3.63, 3.8) is 0 Å². The third-order valence-electron chi connectivity index (χ3n) is 4.25. The maximum Gasteiger partial charge on any atom is 0.247 e. The van der Waals surface area contributed by atoms with E-state index in [1.54, 1.807) is 6.20 Å². The highest BCUT2D eigenvalue weighted by Crippen LogP contribution is 2.21. The molecule has 1 aromatic carbocycles. The zero-order chi connectivity index (χ0) is 15.4. The number of aryl methyl sites for hydroxylation is 1. The number of hydrogen-bond acceptors (Lipinski definition) is 5. The molecule has 0 amide bonds. The van der Waals surface area contributed by atoms with Crippen LogP contribution in [0.1, 0.15) is 32.3 Å². The Morgan fingerprint density at radius 1 is 1.18 bits per heavy atom. The molecular weight excluding hydrogens is 274 g/mol. The molecule has 116 valence electrons. The molecule has 1 fully saturated rings. The van der Waals surface area contributed by atoms with E-state index in [9.17, 15) is 0 Å². The fourth-order valence-corrected chi connectivity index (χ4v) is 2.67. The third kappa shape index (κ3) is 3.53. The van der Waals surface area contributed by atoms with Crippen molar-refractivity contribution in [2.24, 2.45) is 5.92 Å². The van der Waals surface area contributed by atoms with Gasteiger partial charge in [-0.25, -0.2) is 0 Å². The topological polar surface area (TPSA) is 53.9 Å². The predicted molar refractivity (Wildman–Crippen MR) is 89.5 cm³/mol. The Labute approximate surface area is 131 Å². The molecule has 0 radical (unpaired) electrons. The molecule has 5 nitrogen and oxygen atoms in total. The number of piperidine rings is 1. The summed E-state index contributed by atoms with van der Waals surface area (Å²) in [7, 11) is 0. The van der Waals surface area contributed by atoms with E-state index in [1.165, 1.54) is 18.4 Å². The molecule has 5 heteroatoms. The largest absolute Gasteiger partial charge is 0.339 e. The number of nitrogens with one attached hydrogen (secondary N) is 1. The SMILES string of the molecule is CCc1ccc(Nc2cnnc(N3CCC(C)CC3)n2)cc1. The van der Waals surface area contributed by atoms with Gasteiger partial charge in [0.15, 0.2) is 5.82 Å². The Kier molecular flexibility index (Phi) is 4.51. The van der Waals surface area contributed by atoms with Gasteiger partial charge in [0.25, 0.3) is 0 Å². The first-order chi connectivity index (χ1) is 10.7. The predicted octanol–water partition coefficient (Wildman–Crippen LogP) is 3.41. The lowest BCUT2D eigenvalue weighted by Gasteiger charge is -2.29. The maximum absolute atomic E-state index is 4.60. The summed E-state index contributed by atoms with van der Waals surface area (Å²) < 4.78 is 0. The van der Waals surface area contributed by atoms with E-state index >= 15 is 0 Å². The molecule has 0 bridgehead atoms. The van der Waals surface area contributed by atoms with Crippen molar-refractivity contribution in [3.8, 4) is 0 Å². The summed E-state index contributed by atoms with van der Waals surface area (Å²) in [5.74, 6) is 2.26. The van der Waals surface area contributed by atoms with E-state index in [4.69, 9.17) is 0 Å². The molecule has 2 aromatic rings. The number of nitrogens with zero attached hydrogens (tertiary/aromatic N) is 4. The maximum atomic E-state index is 4.60. The van der Waals surface area contributed by atoms with Gasteiger partial charge in [0.1, 0.15) is 0 Å². The lowest BCUT2D eigenvalue weighted by molar-refractivity contribution is 0.433. The van der Waals surface area contributed by atoms with Gasteiger partial charge >= 0.3 is 0 Å². The second-order valence-corrected chi connectivity index (χ2v) is 5.99. The molecule has 0 unspecified atom stereocenters. The highest BCUT2D eigenvalue weighted by molar-refractivity contribution is 5.56. The van der Waals surface area contributed by atoms with E-state index in [0.29, 0.717) is 0 Å². The van der Waals surface area contributed by atoms with Crippen molar-refractivity contribution < 1.29 is 0 Å². The minimum Gasteiger partial charge on any atom is -0.339 e. The molecule has 0 saturated carbocycles. The van der Waals surface area contributed by atoms with Crippen LogP contribution in [0.4, 0.5) is 17.5 Å². The van der Waals surface area contributed by atoms with Crippen molar-refractivity contribution in [3.05, 3.63) is 36.0 Å². The van der Waals surface area contributed by atoms with Crippen LogP contribution in [0.15, 0.2) is 30.5 Å². The molecule has 3 rings (SSSR count). The standard InChI is InChI=1S/C17H23N5/c1-3-14-4-6-15(7-5-14)19-16-12-18-21-17(20-16)22-10-8-13(2)9-11-22/h4-7,12-13H,3,8-11H2,1-2H3,(H,19,20,21). The summed E-state index contributed by atoms with van der Waals surface area (Å²) in [6.07, 6.45) is 5.11. The Morgan fingerprint density at radius 3 is 2.59 bits per heavy atom. The Morgan fingerprint density at radius 2 is 1.91 bits per heavy atom. The van der Waals surface area contributed by atoms with E-state index in [-0.39, 0.29) is 0 Å². The number of benzene rings is 1. The van der Waals surface area contributed by atoms with Gasteiger partial charge in [-0.1, -0.05) is 26.0 Å². The van der Waals surface area contributed by atoms with E-state index < -0.39 is 0 Å². The van der Waals surface area contributed by atoms with Crippen LogP contribution in [0.2, 0.25) is 0 Å². The van der Waals surface area contributed by atoms with Gasteiger partial charge in [0.2, 0.25) is 5.95 Å². The van der Waals surface area contributed by atoms with Gasteiger partial charge in [0.05, 0.1) is 6.20 Å². The summed E-state index contributed by atoms with van der Waals surface area (Å²) in [5.41, 5.74) is 2.35. The number of anilines is 3. The first kappa shape index (κ1) is 14.8. The number of hydrogen-bond donors (Lipinski definition) is 1. The molecule has 2 heterocycles. The van der Waals surface area contributed by atoms with Crippen molar-refractivity contribution in [2.75, 3.05) is 23.3 Å². The van der Waals surface area contributed by atoms with Gasteiger partial charge in [-0.2, -0.15) is 10.1 Å². The van der Waals surface area contributed by atoms with E-state index in [2.05, 4.69) is 63.5 Å². The lowest BCUT2D eigenvalue weighted by Crippen LogP contribution is -2.34. The summed E-state index contributed by atoms with van der Waals surface area (Å²) in [6.45, 7) is 6.48. The van der Waals surface area contributed by atoms with Gasteiger partial charge in [-0.15, -0.1) is 5.10 Å². The summed E-state index contributed by atoms with van der Waals surface area (Å²) in [6, 6.07) is 8.40. The molecule has 1 saturated heterocycles. The fraction of sp³-hybridized carbons (Fsp3) is 0.471. The number of rotatable bonds is 4. The number of aromatic nitrogens is 3. The highest BCUT2D eigenvalue weighted by Gasteiger charge is 2.18. The van der Waals surface area contributed by atoms with Crippen LogP contribution >= 0.6 is 0 Å². The van der Waals surface area contributed by atoms with Crippen molar-refractivity contribution in [2.45, 2.75) is 33.1 Å².